The number of rotatable bonds is 1. The Morgan fingerprint density at radius 1 is 1.29 bits per heavy atom. The van der Waals surface area contributed by atoms with Crippen LogP contribution in [0.3, 0.4) is 0 Å². The second-order valence-electron chi connectivity index (χ2n) is 3.84. The van der Waals surface area contributed by atoms with Crippen molar-refractivity contribution in [2.24, 2.45) is 4.99 Å². The maximum absolute atomic E-state index is 4.41. The lowest BCUT2D eigenvalue weighted by Crippen LogP contribution is -2.14. The van der Waals surface area contributed by atoms with E-state index in [0.717, 1.165) is 18.3 Å². The lowest BCUT2D eigenvalue weighted by Gasteiger charge is -2.01. The molecule has 0 spiro atoms. The maximum atomic E-state index is 4.41. The average molecular weight is 359 g/mol. The number of nitrogens with zero attached hydrogens (tertiary/aromatic N) is 1. The Labute approximate surface area is 121 Å². The number of para-hydroxylation sites is 1. The summed E-state index contributed by atoms with van der Waals surface area (Å²) in [4.78, 5) is 9.09. The summed E-state index contributed by atoms with van der Waals surface area (Å²) in [7, 11) is 0. The summed E-state index contributed by atoms with van der Waals surface area (Å²) in [5.41, 5.74) is 2.41. The molecule has 0 saturated heterocycles. The molecule has 0 fully saturated rings. The molecule has 0 bridgehead atoms. The largest absolute Gasteiger partial charge is 0.363 e. The van der Waals surface area contributed by atoms with Crippen LogP contribution in [0.2, 0.25) is 0 Å². The van der Waals surface area contributed by atoms with E-state index in [-0.39, 0.29) is 24.0 Å². The highest BCUT2D eigenvalue weighted by Gasteiger charge is 2.13. The van der Waals surface area contributed by atoms with Crippen LogP contribution in [0.15, 0.2) is 34.2 Å². The van der Waals surface area contributed by atoms with Gasteiger partial charge in [0.25, 0.3) is 0 Å². The third kappa shape index (κ3) is 2.44. The van der Waals surface area contributed by atoms with Crippen molar-refractivity contribution in [1.82, 2.24) is 10.3 Å². The molecule has 1 aliphatic heterocycles. The van der Waals surface area contributed by atoms with E-state index in [1.54, 1.807) is 11.8 Å². The Bertz CT molecular complexity index is 562. The number of halogens is 1. The molecule has 0 atom stereocenters. The monoisotopic (exact) mass is 359 g/mol. The van der Waals surface area contributed by atoms with Crippen molar-refractivity contribution < 1.29 is 0 Å². The zero-order valence-electron chi connectivity index (χ0n) is 9.49. The molecule has 0 unspecified atom stereocenters. The summed E-state index contributed by atoms with van der Waals surface area (Å²) in [6, 6.07) is 8.38. The summed E-state index contributed by atoms with van der Waals surface area (Å²) in [6.45, 7) is 3.96. The van der Waals surface area contributed by atoms with Crippen LogP contribution in [0.4, 0.5) is 0 Å². The molecule has 3 nitrogen and oxygen atoms in total. The molecular formula is C12H14IN3S. The number of hydrogen-bond acceptors (Lipinski definition) is 3. The zero-order valence-corrected chi connectivity index (χ0v) is 12.6. The molecule has 3 rings (SSSR count). The van der Waals surface area contributed by atoms with Gasteiger partial charge < -0.3 is 10.3 Å². The minimum atomic E-state index is 0. The second kappa shape index (κ2) is 5.30. The van der Waals surface area contributed by atoms with Crippen molar-refractivity contribution in [2.45, 2.75) is 11.8 Å². The standard InChI is InChI=1S/C12H13N3S.HI/c1-8-11(16-12-13-6-7-14-12)9-4-2-3-5-10(9)15-8;/h2-5,15H,6-7H2,1H3,(H,13,14);1H. The lowest BCUT2D eigenvalue weighted by atomic mass is 10.2. The number of aromatic amines is 1. The number of fused-ring (bicyclic) bond motifs is 1. The molecule has 0 amide bonds. The van der Waals surface area contributed by atoms with E-state index < -0.39 is 0 Å². The molecule has 2 aromatic rings. The number of aliphatic imine (C=N–C) groups is 1. The van der Waals surface area contributed by atoms with Gasteiger partial charge in [-0.15, -0.1) is 24.0 Å². The number of thioether (sulfide) groups is 1. The molecule has 0 saturated carbocycles. The van der Waals surface area contributed by atoms with Gasteiger partial charge in [-0.25, -0.2) is 0 Å². The van der Waals surface area contributed by atoms with Gasteiger partial charge in [0.05, 0.1) is 6.54 Å². The Balaban J connectivity index is 0.00000108. The van der Waals surface area contributed by atoms with Gasteiger partial charge in [-0.05, 0) is 13.0 Å². The Morgan fingerprint density at radius 2 is 2.12 bits per heavy atom. The minimum absolute atomic E-state index is 0. The average Bonchev–Trinajstić information content (AvgIpc) is 2.89. The molecule has 2 N–H and O–H groups in total. The van der Waals surface area contributed by atoms with Crippen LogP contribution >= 0.6 is 35.7 Å². The van der Waals surface area contributed by atoms with Crippen molar-refractivity contribution in [2.75, 3.05) is 13.1 Å². The van der Waals surface area contributed by atoms with Crippen LogP contribution in [0.1, 0.15) is 5.69 Å². The first-order valence-corrected chi connectivity index (χ1v) is 6.20. The molecule has 0 aliphatic carbocycles. The van der Waals surface area contributed by atoms with Crippen LogP contribution in [0, 0.1) is 6.92 Å². The fourth-order valence-corrected chi connectivity index (χ4v) is 2.94. The van der Waals surface area contributed by atoms with Crippen LogP contribution in [0.25, 0.3) is 10.9 Å². The smallest absolute Gasteiger partial charge is 0.161 e. The summed E-state index contributed by atoms with van der Waals surface area (Å²) < 4.78 is 0. The van der Waals surface area contributed by atoms with Crippen LogP contribution in [-0.4, -0.2) is 23.2 Å². The van der Waals surface area contributed by atoms with Crippen molar-refractivity contribution >= 4 is 51.8 Å². The number of hydrogen-bond donors (Lipinski definition) is 2. The number of amidine groups is 1. The van der Waals surface area contributed by atoms with E-state index in [9.17, 15) is 0 Å². The summed E-state index contributed by atoms with van der Waals surface area (Å²) >= 11 is 1.72. The number of aryl methyl sites for hydroxylation is 1. The highest BCUT2D eigenvalue weighted by atomic mass is 127. The van der Waals surface area contributed by atoms with E-state index in [0.29, 0.717) is 0 Å². The number of H-pyrrole nitrogens is 1. The van der Waals surface area contributed by atoms with Crippen molar-refractivity contribution in [1.29, 1.82) is 0 Å². The first-order chi connectivity index (χ1) is 7.84. The van der Waals surface area contributed by atoms with Gasteiger partial charge in [0.15, 0.2) is 5.17 Å². The minimum Gasteiger partial charge on any atom is -0.363 e. The SMILES string of the molecule is Cc1[nH]c2ccccc2c1SC1=NCCN1.I. The first-order valence-electron chi connectivity index (χ1n) is 5.38. The van der Waals surface area contributed by atoms with Gasteiger partial charge in [-0.2, -0.15) is 0 Å². The van der Waals surface area contributed by atoms with Crippen molar-refractivity contribution in [3.63, 3.8) is 0 Å². The van der Waals surface area contributed by atoms with E-state index in [4.69, 9.17) is 0 Å². The molecule has 1 aromatic heterocycles. The molecule has 90 valence electrons. The van der Waals surface area contributed by atoms with Gasteiger partial charge in [0.2, 0.25) is 0 Å². The van der Waals surface area contributed by atoms with E-state index >= 15 is 0 Å². The maximum Gasteiger partial charge on any atom is 0.161 e. The zero-order chi connectivity index (χ0) is 11.0. The number of aromatic nitrogens is 1. The summed E-state index contributed by atoms with van der Waals surface area (Å²) in [6.07, 6.45) is 0. The van der Waals surface area contributed by atoms with Crippen molar-refractivity contribution in [3.05, 3.63) is 30.0 Å². The molecule has 5 heteroatoms. The predicted octanol–water partition coefficient (Wildman–Crippen LogP) is 3.15. The van der Waals surface area contributed by atoms with E-state index in [2.05, 4.69) is 46.5 Å². The third-order valence-electron chi connectivity index (χ3n) is 2.68. The lowest BCUT2D eigenvalue weighted by molar-refractivity contribution is 0.963. The molecule has 1 aliphatic rings. The second-order valence-corrected chi connectivity index (χ2v) is 4.84. The van der Waals surface area contributed by atoms with Gasteiger partial charge in [0.1, 0.15) is 0 Å². The molecular weight excluding hydrogens is 345 g/mol. The van der Waals surface area contributed by atoms with Gasteiger partial charge in [0, 0.05) is 28.0 Å². The van der Waals surface area contributed by atoms with E-state index in [1.165, 1.54) is 21.5 Å². The molecule has 1 aromatic carbocycles. The highest BCUT2D eigenvalue weighted by Crippen LogP contribution is 2.31. The van der Waals surface area contributed by atoms with Crippen LogP contribution in [0.5, 0.6) is 0 Å². The molecule has 17 heavy (non-hydrogen) atoms. The summed E-state index contributed by atoms with van der Waals surface area (Å²) in [5, 5.41) is 5.60. The summed E-state index contributed by atoms with van der Waals surface area (Å²) in [5.74, 6) is 0. The van der Waals surface area contributed by atoms with Crippen molar-refractivity contribution in [3.8, 4) is 0 Å². The first kappa shape index (κ1) is 12.8. The predicted molar refractivity (Wildman–Crippen MR) is 84.6 cm³/mol. The fourth-order valence-electron chi connectivity index (χ4n) is 1.92. The topological polar surface area (TPSA) is 40.2 Å². The highest BCUT2D eigenvalue weighted by molar-refractivity contribution is 14.0. The normalized spacial score (nSPS) is 14.3. The molecule has 2 heterocycles. The van der Waals surface area contributed by atoms with Crippen LogP contribution in [-0.2, 0) is 0 Å². The Kier molecular flexibility index (Phi) is 3.98. The van der Waals surface area contributed by atoms with Gasteiger partial charge in [-0.1, -0.05) is 30.0 Å². The van der Waals surface area contributed by atoms with Crippen LogP contribution < -0.4 is 5.32 Å². The molecule has 0 radical (unpaired) electrons. The Hall–Kier alpha value is -0.690. The van der Waals surface area contributed by atoms with Gasteiger partial charge in [-0.3, -0.25) is 4.99 Å². The third-order valence-corrected chi connectivity index (χ3v) is 3.87. The van der Waals surface area contributed by atoms with E-state index in [1.807, 2.05) is 0 Å². The Morgan fingerprint density at radius 3 is 2.88 bits per heavy atom. The fraction of sp³-hybridized carbons (Fsp3) is 0.250. The number of nitrogens with one attached hydrogen (secondary N) is 2. The quantitative estimate of drug-likeness (QED) is 0.768. The number of benzene rings is 1. The van der Waals surface area contributed by atoms with Gasteiger partial charge >= 0.3 is 0 Å².